The third kappa shape index (κ3) is 3.82. The molecule has 0 rings (SSSR count). The lowest BCUT2D eigenvalue weighted by molar-refractivity contribution is -0.135. The normalized spacial score (nSPS) is 17.3. The summed E-state index contributed by atoms with van der Waals surface area (Å²) in [7, 11) is 1.84. The van der Waals surface area contributed by atoms with Crippen LogP contribution in [0.2, 0.25) is 0 Å². The fourth-order valence-electron chi connectivity index (χ4n) is 1.38. The molecule has 0 aliphatic carbocycles. The second kappa shape index (κ2) is 6.11. The molecule has 15 heavy (non-hydrogen) atoms. The zero-order valence-electron chi connectivity index (χ0n) is 10.9. The van der Waals surface area contributed by atoms with Crippen LogP contribution >= 0.6 is 0 Å². The molecule has 3 heteroatoms. The van der Waals surface area contributed by atoms with Crippen molar-refractivity contribution in [3.05, 3.63) is 0 Å². The van der Waals surface area contributed by atoms with Gasteiger partial charge in [-0.3, -0.25) is 4.79 Å². The lowest BCUT2D eigenvalue weighted by Crippen LogP contribution is -2.49. The van der Waals surface area contributed by atoms with Crippen LogP contribution in [0, 0.1) is 11.8 Å². The van der Waals surface area contributed by atoms with E-state index in [2.05, 4.69) is 27.7 Å². The van der Waals surface area contributed by atoms with Gasteiger partial charge >= 0.3 is 0 Å². The van der Waals surface area contributed by atoms with E-state index >= 15 is 0 Å². The largest absolute Gasteiger partial charge is 0.341 e. The average Bonchev–Trinajstić information content (AvgIpc) is 2.23. The number of rotatable bonds is 5. The van der Waals surface area contributed by atoms with E-state index in [0.717, 1.165) is 6.42 Å². The molecule has 0 heterocycles. The van der Waals surface area contributed by atoms with E-state index in [1.807, 2.05) is 14.0 Å². The Labute approximate surface area is 94.0 Å². The molecule has 0 spiro atoms. The molecule has 0 aromatic rings. The van der Waals surface area contributed by atoms with Gasteiger partial charge in [-0.1, -0.05) is 34.1 Å². The first-order chi connectivity index (χ1) is 6.82. The summed E-state index contributed by atoms with van der Waals surface area (Å²) in [5, 5.41) is 0. The Bertz CT molecular complexity index is 204. The summed E-state index contributed by atoms with van der Waals surface area (Å²) in [5.41, 5.74) is 5.92. The highest BCUT2D eigenvalue weighted by molar-refractivity contribution is 5.82. The summed E-state index contributed by atoms with van der Waals surface area (Å²) >= 11 is 0. The van der Waals surface area contributed by atoms with E-state index in [9.17, 15) is 4.79 Å². The fourth-order valence-corrected chi connectivity index (χ4v) is 1.38. The molecule has 0 aromatic carbocycles. The predicted octanol–water partition coefficient (Wildman–Crippen LogP) is 1.86. The van der Waals surface area contributed by atoms with E-state index < -0.39 is 0 Å². The molecule has 2 unspecified atom stereocenters. The first-order valence-electron chi connectivity index (χ1n) is 5.85. The second-order valence-corrected chi connectivity index (χ2v) is 4.85. The van der Waals surface area contributed by atoms with Crippen LogP contribution in [0.4, 0.5) is 0 Å². The minimum atomic E-state index is -0.360. The summed E-state index contributed by atoms with van der Waals surface area (Å²) in [5.74, 6) is 0.771. The highest BCUT2D eigenvalue weighted by atomic mass is 16.2. The van der Waals surface area contributed by atoms with E-state index in [1.165, 1.54) is 0 Å². The number of carbonyl (C=O) groups excluding carboxylic acids is 1. The zero-order valence-corrected chi connectivity index (χ0v) is 10.9. The van der Waals surface area contributed by atoms with Gasteiger partial charge in [0.1, 0.15) is 0 Å². The summed E-state index contributed by atoms with van der Waals surface area (Å²) in [6, 6.07) is -0.117. The lowest BCUT2D eigenvalue weighted by atomic mass is 9.97. The lowest BCUT2D eigenvalue weighted by Gasteiger charge is -2.31. The third-order valence-electron chi connectivity index (χ3n) is 3.47. The van der Waals surface area contributed by atoms with Crippen molar-refractivity contribution in [3.63, 3.8) is 0 Å². The van der Waals surface area contributed by atoms with Gasteiger partial charge in [0, 0.05) is 13.1 Å². The minimum Gasteiger partial charge on any atom is -0.341 e. The number of nitrogens with two attached hydrogens (primary N) is 1. The molecule has 0 saturated heterocycles. The number of likely N-dealkylation sites (N-methyl/N-ethyl adjacent to an activating group) is 1. The molecular weight excluding hydrogens is 188 g/mol. The standard InChI is InChI=1S/C12H26N2O/c1-7-9(4)11(13)12(15)14(6)10(5)8(2)3/h8-11H,7,13H2,1-6H3/t9?,10?,11-/m0/s1. The van der Waals surface area contributed by atoms with E-state index in [1.54, 1.807) is 4.90 Å². The number of carbonyl (C=O) groups is 1. The molecule has 0 aliphatic heterocycles. The molecule has 0 aliphatic rings. The predicted molar refractivity (Wildman–Crippen MR) is 64.5 cm³/mol. The molecule has 0 radical (unpaired) electrons. The van der Waals surface area contributed by atoms with E-state index in [4.69, 9.17) is 5.73 Å². The maximum atomic E-state index is 12.0. The monoisotopic (exact) mass is 214 g/mol. The van der Waals surface area contributed by atoms with Gasteiger partial charge in [-0.05, 0) is 18.8 Å². The Morgan fingerprint density at radius 1 is 1.27 bits per heavy atom. The van der Waals surface area contributed by atoms with Crippen molar-refractivity contribution in [2.45, 2.75) is 53.1 Å². The van der Waals surface area contributed by atoms with Crippen LogP contribution < -0.4 is 5.73 Å². The van der Waals surface area contributed by atoms with Crippen molar-refractivity contribution in [1.82, 2.24) is 4.90 Å². The van der Waals surface area contributed by atoms with Gasteiger partial charge in [0.15, 0.2) is 0 Å². The summed E-state index contributed by atoms with van der Waals surface area (Å²) in [6.07, 6.45) is 0.941. The number of amides is 1. The molecule has 0 aromatic heterocycles. The number of hydrogen-bond donors (Lipinski definition) is 1. The number of hydrogen-bond acceptors (Lipinski definition) is 2. The Morgan fingerprint density at radius 2 is 1.73 bits per heavy atom. The van der Waals surface area contributed by atoms with Crippen LogP contribution in [-0.2, 0) is 4.79 Å². The van der Waals surface area contributed by atoms with Crippen LogP contribution in [0.1, 0.15) is 41.0 Å². The fraction of sp³-hybridized carbons (Fsp3) is 0.917. The maximum Gasteiger partial charge on any atom is 0.239 e. The molecule has 0 bridgehead atoms. The molecule has 0 fully saturated rings. The highest BCUT2D eigenvalue weighted by Gasteiger charge is 2.26. The van der Waals surface area contributed by atoms with E-state index in [0.29, 0.717) is 5.92 Å². The van der Waals surface area contributed by atoms with Crippen molar-refractivity contribution in [1.29, 1.82) is 0 Å². The van der Waals surface area contributed by atoms with Gasteiger partial charge in [-0.2, -0.15) is 0 Å². The summed E-state index contributed by atoms with van der Waals surface area (Å²) in [4.78, 5) is 13.8. The van der Waals surface area contributed by atoms with Gasteiger partial charge < -0.3 is 10.6 Å². The van der Waals surface area contributed by atoms with Gasteiger partial charge in [0.2, 0.25) is 5.91 Å². The molecule has 2 N–H and O–H groups in total. The van der Waals surface area contributed by atoms with Gasteiger partial charge in [0.25, 0.3) is 0 Å². The van der Waals surface area contributed by atoms with Crippen LogP contribution in [0.3, 0.4) is 0 Å². The summed E-state index contributed by atoms with van der Waals surface area (Å²) in [6.45, 7) is 10.4. The quantitative estimate of drug-likeness (QED) is 0.759. The Morgan fingerprint density at radius 3 is 2.07 bits per heavy atom. The van der Waals surface area contributed by atoms with Crippen molar-refractivity contribution in [2.24, 2.45) is 17.6 Å². The third-order valence-corrected chi connectivity index (χ3v) is 3.47. The Hall–Kier alpha value is -0.570. The Balaban J connectivity index is 4.43. The second-order valence-electron chi connectivity index (χ2n) is 4.85. The summed E-state index contributed by atoms with van der Waals surface area (Å²) < 4.78 is 0. The molecular formula is C12H26N2O. The molecule has 0 saturated carbocycles. The van der Waals surface area contributed by atoms with Gasteiger partial charge in [-0.25, -0.2) is 0 Å². The van der Waals surface area contributed by atoms with Crippen LogP contribution in [-0.4, -0.2) is 29.9 Å². The SMILES string of the molecule is CCC(C)[C@H](N)C(=O)N(C)C(C)C(C)C. The van der Waals surface area contributed by atoms with Crippen molar-refractivity contribution < 1.29 is 4.79 Å². The van der Waals surface area contributed by atoms with Gasteiger partial charge in [-0.15, -0.1) is 0 Å². The van der Waals surface area contributed by atoms with Crippen molar-refractivity contribution >= 4 is 5.91 Å². The van der Waals surface area contributed by atoms with Gasteiger partial charge in [0.05, 0.1) is 6.04 Å². The Kier molecular flexibility index (Phi) is 5.88. The topological polar surface area (TPSA) is 46.3 Å². The highest BCUT2D eigenvalue weighted by Crippen LogP contribution is 2.13. The van der Waals surface area contributed by atoms with E-state index in [-0.39, 0.29) is 23.9 Å². The maximum absolute atomic E-state index is 12.0. The molecule has 3 nitrogen and oxygen atoms in total. The van der Waals surface area contributed by atoms with Crippen LogP contribution in [0.5, 0.6) is 0 Å². The zero-order chi connectivity index (χ0) is 12.2. The molecule has 90 valence electrons. The first kappa shape index (κ1) is 14.4. The van der Waals surface area contributed by atoms with Crippen molar-refractivity contribution in [2.75, 3.05) is 7.05 Å². The van der Waals surface area contributed by atoms with Crippen LogP contribution in [0.25, 0.3) is 0 Å². The average molecular weight is 214 g/mol. The van der Waals surface area contributed by atoms with Crippen LogP contribution in [0.15, 0.2) is 0 Å². The minimum absolute atomic E-state index is 0.0607. The smallest absolute Gasteiger partial charge is 0.239 e. The number of nitrogens with zero attached hydrogens (tertiary/aromatic N) is 1. The molecule has 1 amide bonds. The van der Waals surface area contributed by atoms with Crippen molar-refractivity contribution in [3.8, 4) is 0 Å². The first-order valence-corrected chi connectivity index (χ1v) is 5.85. The molecule has 3 atom stereocenters.